The maximum Gasteiger partial charge on any atom is 0.146 e. The van der Waals surface area contributed by atoms with Crippen LogP contribution in [0.25, 0.3) is 0 Å². The lowest BCUT2D eigenvalue weighted by atomic mass is 10.1. The molecule has 1 atom stereocenters. The van der Waals surface area contributed by atoms with E-state index < -0.39 is 17.7 Å². The van der Waals surface area contributed by atoms with Crippen LogP contribution in [0, 0.1) is 11.6 Å². The quantitative estimate of drug-likeness (QED) is 0.893. The van der Waals surface area contributed by atoms with Crippen LogP contribution in [0.5, 0.6) is 0 Å². The molecule has 0 aliphatic carbocycles. The Labute approximate surface area is 118 Å². The van der Waals surface area contributed by atoms with Crippen molar-refractivity contribution in [2.75, 3.05) is 11.9 Å². The summed E-state index contributed by atoms with van der Waals surface area (Å²) in [5, 5.41) is 12.6. The van der Waals surface area contributed by atoms with E-state index in [4.69, 9.17) is 0 Å². The molecule has 2 N–H and O–H groups in total. The summed E-state index contributed by atoms with van der Waals surface area (Å²) in [6.45, 7) is 0.0221. The third kappa shape index (κ3) is 3.52. The number of hydrogen-bond donors (Lipinski definition) is 2. The molecule has 0 aliphatic heterocycles. The van der Waals surface area contributed by atoms with Crippen molar-refractivity contribution < 1.29 is 13.9 Å². The average molecular weight is 328 g/mol. The summed E-state index contributed by atoms with van der Waals surface area (Å²) in [6.07, 6.45) is -1.04. The van der Waals surface area contributed by atoms with Gasteiger partial charge in [-0.15, -0.1) is 0 Å². The van der Waals surface area contributed by atoms with E-state index >= 15 is 0 Å². The molecule has 0 saturated heterocycles. The third-order valence-electron chi connectivity index (χ3n) is 2.68. The smallest absolute Gasteiger partial charge is 0.146 e. The molecule has 2 aromatic carbocycles. The molecular formula is C14H12BrF2NO. The van der Waals surface area contributed by atoms with Crippen LogP contribution in [0.2, 0.25) is 0 Å². The summed E-state index contributed by atoms with van der Waals surface area (Å²) in [5.74, 6) is -0.907. The molecule has 0 spiro atoms. The molecule has 19 heavy (non-hydrogen) atoms. The van der Waals surface area contributed by atoms with Gasteiger partial charge in [-0.1, -0.05) is 34.1 Å². The fourth-order valence-corrected chi connectivity index (χ4v) is 2.06. The van der Waals surface area contributed by atoms with Crippen LogP contribution in [-0.2, 0) is 0 Å². The Morgan fingerprint density at radius 2 is 1.84 bits per heavy atom. The van der Waals surface area contributed by atoms with Gasteiger partial charge in [-0.2, -0.15) is 0 Å². The number of halogens is 3. The van der Waals surface area contributed by atoms with Crippen molar-refractivity contribution in [3.05, 3.63) is 64.1 Å². The number of aliphatic hydroxyl groups excluding tert-OH is 1. The van der Waals surface area contributed by atoms with E-state index in [9.17, 15) is 13.9 Å². The van der Waals surface area contributed by atoms with E-state index in [0.717, 1.165) is 4.47 Å². The molecule has 0 bridgehead atoms. The van der Waals surface area contributed by atoms with Crippen molar-refractivity contribution in [1.29, 1.82) is 0 Å². The highest BCUT2D eigenvalue weighted by Crippen LogP contribution is 2.22. The topological polar surface area (TPSA) is 32.3 Å². The van der Waals surface area contributed by atoms with Crippen molar-refractivity contribution in [3.63, 3.8) is 0 Å². The van der Waals surface area contributed by atoms with Gasteiger partial charge in [0.05, 0.1) is 11.8 Å². The first-order chi connectivity index (χ1) is 9.08. The molecule has 5 heteroatoms. The Morgan fingerprint density at radius 3 is 2.58 bits per heavy atom. The number of hydrogen-bond acceptors (Lipinski definition) is 2. The molecule has 0 saturated carbocycles. The molecule has 1 unspecified atom stereocenters. The molecule has 2 aromatic rings. The highest BCUT2D eigenvalue weighted by atomic mass is 79.9. The van der Waals surface area contributed by atoms with Gasteiger partial charge in [0.25, 0.3) is 0 Å². The molecule has 0 aromatic heterocycles. The Morgan fingerprint density at radius 1 is 1.11 bits per heavy atom. The van der Waals surface area contributed by atoms with Crippen LogP contribution in [0.15, 0.2) is 46.9 Å². The van der Waals surface area contributed by atoms with Crippen LogP contribution >= 0.6 is 15.9 Å². The normalized spacial score (nSPS) is 12.2. The number of benzene rings is 2. The van der Waals surface area contributed by atoms with E-state index in [1.165, 1.54) is 18.2 Å². The number of aliphatic hydroxyl groups is 1. The summed E-state index contributed by atoms with van der Waals surface area (Å²) in [6, 6.07) is 10.4. The second-order valence-corrected chi connectivity index (χ2v) is 4.96. The van der Waals surface area contributed by atoms with Gasteiger partial charge in [0.2, 0.25) is 0 Å². The fourth-order valence-electron chi connectivity index (χ4n) is 1.69. The second-order valence-electron chi connectivity index (χ2n) is 4.04. The monoisotopic (exact) mass is 327 g/mol. The zero-order valence-electron chi connectivity index (χ0n) is 9.91. The first kappa shape index (κ1) is 14.0. The molecule has 0 fully saturated rings. The maximum atomic E-state index is 13.5. The van der Waals surface area contributed by atoms with Gasteiger partial charge in [0, 0.05) is 16.6 Å². The highest BCUT2D eigenvalue weighted by Gasteiger charge is 2.12. The largest absolute Gasteiger partial charge is 0.386 e. The lowest BCUT2D eigenvalue weighted by Gasteiger charge is -2.14. The highest BCUT2D eigenvalue weighted by molar-refractivity contribution is 9.10. The zero-order chi connectivity index (χ0) is 13.8. The predicted molar refractivity (Wildman–Crippen MR) is 73.9 cm³/mol. The zero-order valence-corrected chi connectivity index (χ0v) is 11.5. The van der Waals surface area contributed by atoms with Gasteiger partial charge in [0.1, 0.15) is 11.6 Å². The molecule has 0 amide bonds. The maximum absolute atomic E-state index is 13.5. The van der Waals surface area contributed by atoms with Crippen molar-refractivity contribution >= 4 is 21.6 Å². The van der Waals surface area contributed by atoms with E-state index in [1.807, 2.05) is 0 Å². The van der Waals surface area contributed by atoms with Crippen LogP contribution < -0.4 is 5.32 Å². The molecule has 0 aliphatic rings. The lowest BCUT2D eigenvalue weighted by molar-refractivity contribution is 0.186. The Balaban J connectivity index is 2.06. The van der Waals surface area contributed by atoms with Crippen LogP contribution in [0.3, 0.4) is 0 Å². The first-order valence-corrected chi connectivity index (χ1v) is 6.48. The standard InChI is InChI=1S/C14H12BrF2NO/c15-9-5-6-12(17)13(7-9)18-8-14(19)10-3-1-2-4-11(10)16/h1-7,14,18-19H,8H2. The Kier molecular flexibility index (Phi) is 4.50. The van der Waals surface area contributed by atoms with Crippen LogP contribution in [0.4, 0.5) is 14.5 Å². The van der Waals surface area contributed by atoms with Crippen molar-refractivity contribution in [1.82, 2.24) is 0 Å². The number of rotatable bonds is 4. The molecule has 2 rings (SSSR count). The van der Waals surface area contributed by atoms with E-state index in [0.29, 0.717) is 0 Å². The van der Waals surface area contributed by atoms with Crippen molar-refractivity contribution in [2.24, 2.45) is 0 Å². The van der Waals surface area contributed by atoms with Crippen LogP contribution in [0.1, 0.15) is 11.7 Å². The van der Waals surface area contributed by atoms with Gasteiger partial charge in [-0.05, 0) is 24.3 Å². The van der Waals surface area contributed by atoms with Gasteiger partial charge in [-0.25, -0.2) is 8.78 Å². The van der Waals surface area contributed by atoms with Gasteiger partial charge in [0.15, 0.2) is 0 Å². The predicted octanol–water partition coefficient (Wildman–Crippen LogP) is 3.87. The minimum Gasteiger partial charge on any atom is -0.386 e. The minimum absolute atomic E-state index is 0.0221. The SMILES string of the molecule is OC(CNc1cc(Br)ccc1F)c1ccccc1F. The van der Waals surface area contributed by atoms with Crippen LogP contribution in [-0.4, -0.2) is 11.7 Å². The Hall–Kier alpha value is -1.46. The summed E-state index contributed by atoms with van der Waals surface area (Å²) < 4.78 is 27.6. The Bertz CT molecular complexity index is 577. The first-order valence-electron chi connectivity index (χ1n) is 5.69. The molecular weight excluding hydrogens is 316 g/mol. The second kappa shape index (κ2) is 6.12. The van der Waals surface area contributed by atoms with Crippen molar-refractivity contribution in [3.8, 4) is 0 Å². The van der Waals surface area contributed by atoms with Gasteiger partial charge >= 0.3 is 0 Å². The minimum atomic E-state index is -1.04. The summed E-state index contributed by atoms with van der Waals surface area (Å²) in [5.41, 5.74) is 0.440. The number of anilines is 1. The van der Waals surface area contributed by atoms with Gasteiger partial charge in [-0.3, -0.25) is 0 Å². The summed E-state index contributed by atoms with van der Waals surface area (Å²) in [7, 11) is 0. The average Bonchev–Trinajstić information content (AvgIpc) is 2.40. The molecule has 100 valence electrons. The van der Waals surface area contributed by atoms with Gasteiger partial charge < -0.3 is 10.4 Å². The molecule has 0 radical (unpaired) electrons. The fraction of sp³-hybridized carbons (Fsp3) is 0.143. The molecule has 2 nitrogen and oxygen atoms in total. The van der Waals surface area contributed by atoms with Crippen molar-refractivity contribution in [2.45, 2.75) is 6.10 Å². The third-order valence-corrected chi connectivity index (χ3v) is 3.17. The summed E-state index contributed by atoms with van der Waals surface area (Å²) >= 11 is 3.23. The molecule has 0 heterocycles. The summed E-state index contributed by atoms with van der Waals surface area (Å²) in [4.78, 5) is 0. The lowest BCUT2D eigenvalue weighted by Crippen LogP contribution is -2.14. The van der Waals surface area contributed by atoms with E-state index in [-0.39, 0.29) is 17.8 Å². The number of nitrogens with one attached hydrogen (secondary N) is 1. The van der Waals surface area contributed by atoms with E-state index in [1.54, 1.807) is 24.3 Å². The van der Waals surface area contributed by atoms with E-state index in [2.05, 4.69) is 21.2 Å².